The number of rotatable bonds is 2. The highest BCUT2D eigenvalue weighted by atomic mass is 14.0. The van der Waals surface area contributed by atoms with Crippen LogP contribution in [0.25, 0.3) is 6.08 Å². The minimum absolute atomic E-state index is 0.639. The average molecular weight is 174 g/mol. The van der Waals surface area contributed by atoms with Crippen molar-refractivity contribution in [3.05, 3.63) is 41.0 Å². The van der Waals surface area contributed by atoms with Gasteiger partial charge in [0.2, 0.25) is 0 Å². The number of hydrogen-bond acceptors (Lipinski definition) is 0. The molecule has 0 amide bonds. The quantitative estimate of drug-likeness (QED) is 0.634. The molecule has 0 atom stereocenters. The predicted molar refractivity (Wildman–Crippen MR) is 59.7 cm³/mol. The summed E-state index contributed by atoms with van der Waals surface area (Å²) in [4.78, 5) is 0. The van der Waals surface area contributed by atoms with Gasteiger partial charge in [0.1, 0.15) is 0 Å². The lowest BCUT2D eigenvalue weighted by Gasteiger charge is -2.06. The Morgan fingerprint density at radius 3 is 2.38 bits per heavy atom. The minimum atomic E-state index is 0.639. The van der Waals surface area contributed by atoms with Gasteiger partial charge in [-0.05, 0) is 30.9 Å². The molecule has 70 valence electrons. The maximum atomic E-state index is 2.28. The standard InChI is InChI=1S/C13H18/c1-10(2)12(4)9-13-8-6-5-7-11(13)3/h5-10H,1-4H3/b12-9+. The monoisotopic (exact) mass is 174 g/mol. The fourth-order valence-corrected chi connectivity index (χ4v) is 1.16. The van der Waals surface area contributed by atoms with Crippen molar-refractivity contribution < 1.29 is 0 Å². The largest absolute Gasteiger partial charge is 0.0702 e. The van der Waals surface area contributed by atoms with Gasteiger partial charge in [-0.2, -0.15) is 0 Å². The molecule has 1 aromatic carbocycles. The highest BCUT2D eigenvalue weighted by molar-refractivity contribution is 5.56. The maximum absolute atomic E-state index is 2.28. The van der Waals surface area contributed by atoms with Gasteiger partial charge in [0.15, 0.2) is 0 Å². The van der Waals surface area contributed by atoms with E-state index in [1.54, 1.807) is 0 Å². The summed E-state index contributed by atoms with van der Waals surface area (Å²) in [6.45, 7) is 8.80. The topological polar surface area (TPSA) is 0 Å². The zero-order valence-electron chi connectivity index (χ0n) is 8.96. The molecule has 0 saturated carbocycles. The second-order valence-electron chi connectivity index (χ2n) is 3.90. The summed E-state index contributed by atoms with van der Waals surface area (Å²) in [6, 6.07) is 8.49. The van der Waals surface area contributed by atoms with Gasteiger partial charge in [0, 0.05) is 0 Å². The van der Waals surface area contributed by atoms with E-state index in [4.69, 9.17) is 0 Å². The van der Waals surface area contributed by atoms with E-state index in [1.807, 2.05) is 0 Å². The van der Waals surface area contributed by atoms with Crippen LogP contribution >= 0.6 is 0 Å². The van der Waals surface area contributed by atoms with Gasteiger partial charge < -0.3 is 0 Å². The third-order valence-electron chi connectivity index (χ3n) is 2.48. The summed E-state index contributed by atoms with van der Waals surface area (Å²) in [7, 11) is 0. The van der Waals surface area contributed by atoms with E-state index in [-0.39, 0.29) is 0 Å². The smallest absolute Gasteiger partial charge is 0.0228 e. The molecular weight excluding hydrogens is 156 g/mol. The molecule has 0 aromatic heterocycles. The molecule has 0 fully saturated rings. The molecule has 0 radical (unpaired) electrons. The lowest BCUT2D eigenvalue weighted by molar-refractivity contribution is 0.776. The zero-order valence-corrected chi connectivity index (χ0v) is 8.96. The lowest BCUT2D eigenvalue weighted by Crippen LogP contribution is -1.89. The van der Waals surface area contributed by atoms with Crippen LogP contribution in [0.3, 0.4) is 0 Å². The zero-order chi connectivity index (χ0) is 9.84. The van der Waals surface area contributed by atoms with Crippen LogP contribution in [0.2, 0.25) is 0 Å². The lowest BCUT2D eigenvalue weighted by atomic mass is 10.00. The number of allylic oxidation sites excluding steroid dienone is 1. The van der Waals surface area contributed by atoms with Crippen molar-refractivity contribution in [2.45, 2.75) is 27.7 Å². The summed E-state index contributed by atoms with van der Waals surface area (Å²) in [5, 5.41) is 0. The second kappa shape index (κ2) is 4.27. The van der Waals surface area contributed by atoms with Crippen molar-refractivity contribution in [2.75, 3.05) is 0 Å². The number of benzene rings is 1. The summed E-state index contributed by atoms with van der Waals surface area (Å²) in [5.74, 6) is 0.639. The van der Waals surface area contributed by atoms with Gasteiger partial charge in [-0.1, -0.05) is 49.8 Å². The molecule has 1 aromatic rings. The van der Waals surface area contributed by atoms with Gasteiger partial charge in [-0.15, -0.1) is 0 Å². The molecule has 0 N–H and O–H groups in total. The molecule has 0 spiro atoms. The first-order valence-corrected chi connectivity index (χ1v) is 4.85. The predicted octanol–water partition coefficient (Wildman–Crippen LogP) is 4.05. The Morgan fingerprint density at radius 2 is 1.85 bits per heavy atom. The Balaban J connectivity index is 2.97. The van der Waals surface area contributed by atoms with Crippen LogP contribution in [0.5, 0.6) is 0 Å². The van der Waals surface area contributed by atoms with Gasteiger partial charge >= 0.3 is 0 Å². The van der Waals surface area contributed by atoms with Crippen molar-refractivity contribution in [3.8, 4) is 0 Å². The number of hydrogen-bond donors (Lipinski definition) is 0. The molecule has 0 heterocycles. The Morgan fingerprint density at radius 1 is 1.23 bits per heavy atom. The van der Waals surface area contributed by atoms with Crippen LogP contribution in [0.1, 0.15) is 31.9 Å². The first-order chi connectivity index (χ1) is 6.11. The van der Waals surface area contributed by atoms with E-state index >= 15 is 0 Å². The first kappa shape index (κ1) is 10.0. The fraction of sp³-hybridized carbons (Fsp3) is 0.385. The maximum Gasteiger partial charge on any atom is -0.0228 e. The first-order valence-electron chi connectivity index (χ1n) is 4.85. The van der Waals surface area contributed by atoms with Crippen molar-refractivity contribution in [3.63, 3.8) is 0 Å². The molecular formula is C13H18. The molecule has 0 unspecified atom stereocenters. The van der Waals surface area contributed by atoms with Crippen LogP contribution < -0.4 is 0 Å². The summed E-state index contributed by atoms with van der Waals surface area (Å²) < 4.78 is 0. The van der Waals surface area contributed by atoms with Crippen LogP contribution in [0.15, 0.2) is 29.8 Å². The van der Waals surface area contributed by atoms with Gasteiger partial charge in [0.05, 0.1) is 0 Å². The van der Waals surface area contributed by atoms with Crippen molar-refractivity contribution in [2.24, 2.45) is 5.92 Å². The van der Waals surface area contributed by atoms with Gasteiger partial charge in [-0.25, -0.2) is 0 Å². The molecule has 1 rings (SSSR count). The average Bonchev–Trinajstić information content (AvgIpc) is 2.08. The molecule has 0 nitrogen and oxygen atoms in total. The fourth-order valence-electron chi connectivity index (χ4n) is 1.16. The minimum Gasteiger partial charge on any atom is -0.0702 e. The summed E-state index contributed by atoms with van der Waals surface area (Å²) in [5.41, 5.74) is 4.13. The van der Waals surface area contributed by atoms with E-state index in [0.717, 1.165) is 0 Å². The Kier molecular flexibility index (Phi) is 3.30. The van der Waals surface area contributed by atoms with Crippen LogP contribution in [0, 0.1) is 12.8 Å². The van der Waals surface area contributed by atoms with Crippen molar-refractivity contribution >= 4 is 6.08 Å². The van der Waals surface area contributed by atoms with E-state index in [9.17, 15) is 0 Å². The molecule has 0 heteroatoms. The van der Waals surface area contributed by atoms with Crippen LogP contribution in [0.4, 0.5) is 0 Å². The van der Waals surface area contributed by atoms with E-state index in [1.165, 1.54) is 16.7 Å². The SMILES string of the molecule is C/C(=C\c1ccccc1C)C(C)C. The Bertz CT molecular complexity index is 306. The van der Waals surface area contributed by atoms with Crippen molar-refractivity contribution in [1.29, 1.82) is 0 Å². The van der Waals surface area contributed by atoms with Crippen LogP contribution in [-0.2, 0) is 0 Å². The van der Waals surface area contributed by atoms with E-state index in [0.29, 0.717) is 5.92 Å². The normalized spacial score (nSPS) is 12.2. The Labute approximate surface area is 81.3 Å². The third kappa shape index (κ3) is 2.73. The third-order valence-corrected chi connectivity index (χ3v) is 2.48. The van der Waals surface area contributed by atoms with Crippen LogP contribution in [-0.4, -0.2) is 0 Å². The summed E-state index contributed by atoms with van der Waals surface area (Å²) in [6.07, 6.45) is 2.28. The molecule has 0 aliphatic rings. The highest BCUT2D eigenvalue weighted by Crippen LogP contribution is 2.16. The molecule has 0 bridgehead atoms. The highest BCUT2D eigenvalue weighted by Gasteiger charge is 1.97. The molecule has 0 saturated heterocycles. The second-order valence-corrected chi connectivity index (χ2v) is 3.90. The molecule has 0 aliphatic carbocycles. The van der Waals surface area contributed by atoms with Gasteiger partial charge in [0.25, 0.3) is 0 Å². The summed E-state index contributed by atoms with van der Waals surface area (Å²) >= 11 is 0. The molecule has 13 heavy (non-hydrogen) atoms. The van der Waals surface area contributed by atoms with E-state index < -0.39 is 0 Å². The molecule has 0 aliphatic heterocycles. The Hall–Kier alpha value is -1.04. The number of aryl methyl sites for hydroxylation is 1. The van der Waals surface area contributed by atoms with Gasteiger partial charge in [-0.3, -0.25) is 0 Å². The van der Waals surface area contributed by atoms with E-state index in [2.05, 4.69) is 58.0 Å². The van der Waals surface area contributed by atoms with Crippen molar-refractivity contribution in [1.82, 2.24) is 0 Å².